The highest BCUT2D eigenvalue weighted by Crippen LogP contribution is 2.48. The second-order valence-corrected chi connectivity index (χ2v) is 8.11. The number of aromatic nitrogens is 1. The number of piperidine rings is 1. The van der Waals surface area contributed by atoms with Crippen molar-refractivity contribution in [3.05, 3.63) is 78.1 Å². The highest BCUT2D eigenvalue weighted by molar-refractivity contribution is 5.96. The summed E-state index contributed by atoms with van der Waals surface area (Å²) in [6.07, 6.45) is 5.01. The summed E-state index contributed by atoms with van der Waals surface area (Å²) in [5, 5.41) is 0. The van der Waals surface area contributed by atoms with Crippen molar-refractivity contribution in [2.24, 2.45) is 0 Å². The van der Waals surface area contributed by atoms with E-state index in [2.05, 4.69) is 76.0 Å². The monoisotopic (exact) mass is 385 g/mol. The van der Waals surface area contributed by atoms with Gasteiger partial charge in [0.25, 0.3) is 0 Å². The molecule has 4 heteroatoms. The number of para-hydroxylation sites is 3. The molecule has 0 N–H and O–H groups in total. The molecule has 0 bridgehead atoms. The summed E-state index contributed by atoms with van der Waals surface area (Å²) in [6, 6.07) is 21.3. The van der Waals surface area contributed by atoms with Crippen LogP contribution in [0.4, 0.5) is 11.4 Å². The number of amides is 1. The molecule has 1 amide bonds. The van der Waals surface area contributed by atoms with E-state index in [1.165, 1.54) is 16.9 Å². The summed E-state index contributed by atoms with van der Waals surface area (Å²) in [6.45, 7) is 5.80. The Kier molecular flexibility index (Phi) is 4.23. The van der Waals surface area contributed by atoms with Crippen LogP contribution in [-0.2, 0) is 16.8 Å². The molecule has 1 fully saturated rings. The lowest BCUT2D eigenvalue weighted by molar-refractivity contribution is -0.118. The second-order valence-electron chi connectivity index (χ2n) is 8.11. The summed E-state index contributed by atoms with van der Waals surface area (Å²) in [4.78, 5) is 17.5. The van der Waals surface area contributed by atoms with E-state index in [1.807, 2.05) is 12.1 Å². The Morgan fingerprint density at radius 1 is 0.897 bits per heavy atom. The first-order chi connectivity index (χ1) is 14.2. The van der Waals surface area contributed by atoms with Crippen molar-refractivity contribution >= 4 is 17.3 Å². The van der Waals surface area contributed by atoms with Crippen LogP contribution in [0.25, 0.3) is 5.69 Å². The van der Waals surface area contributed by atoms with Crippen molar-refractivity contribution in [2.45, 2.75) is 38.6 Å². The molecule has 2 aliphatic heterocycles. The van der Waals surface area contributed by atoms with Crippen LogP contribution in [0.15, 0.2) is 66.9 Å². The number of anilines is 2. The lowest BCUT2D eigenvalue weighted by Crippen LogP contribution is -2.58. The van der Waals surface area contributed by atoms with Crippen LogP contribution in [0.3, 0.4) is 0 Å². The van der Waals surface area contributed by atoms with Gasteiger partial charge in [0.2, 0.25) is 5.91 Å². The van der Waals surface area contributed by atoms with Crippen molar-refractivity contribution in [1.82, 2.24) is 4.57 Å². The number of hydrogen-bond acceptors (Lipinski definition) is 2. The first-order valence-corrected chi connectivity index (χ1v) is 10.6. The quantitative estimate of drug-likeness (QED) is 0.628. The SMILES string of the molecule is CCc1ccccc1N1CCC2(CC1)c1cccn1-c1ccccc1N2C(C)=O. The maximum absolute atomic E-state index is 12.9. The van der Waals surface area contributed by atoms with Crippen molar-refractivity contribution in [3.8, 4) is 5.69 Å². The van der Waals surface area contributed by atoms with Crippen molar-refractivity contribution in [3.63, 3.8) is 0 Å². The van der Waals surface area contributed by atoms with Gasteiger partial charge in [0, 0.05) is 37.6 Å². The topological polar surface area (TPSA) is 28.5 Å². The van der Waals surface area contributed by atoms with Gasteiger partial charge in [0.15, 0.2) is 0 Å². The summed E-state index contributed by atoms with van der Waals surface area (Å²) in [5.74, 6) is 0.118. The number of carbonyl (C=O) groups is 1. The summed E-state index contributed by atoms with van der Waals surface area (Å²) in [5.41, 5.74) is 5.78. The van der Waals surface area contributed by atoms with Crippen LogP contribution >= 0.6 is 0 Å². The zero-order valence-corrected chi connectivity index (χ0v) is 17.1. The normalized spacial score (nSPS) is 17.2. The smallest absolute Gasteiger partial charge is 0.224 e. The summed E-state index contributed by atoms with van der Waals surface area (Å²) >= 11 is 0. The van der Waals surface area contributed by atoms with Crippen LogP contribution in [0.5, 0.6) is 0 Å². The number of nitrogens with zero attached hydrogens (tertiary/aromatic N) is 3. The Hall–Kier alpha value is -3.01. The maximum atomic E-state index is 12.9. The number of hydrogen-bond donors (Lipinski definition) is 0. The third-order valence-electron chi connectivity index (χ3n) is 6.65. The van der Waals surface area contributed by atoms with Crippen molar-refractivity contribution < 1.29 is 4.79 Å². The molecule has 0 atom stereocenters. The first-order valence-electron chi connectivity index (χ1n) is 10.6. The molecule has 0 saturated carbocycles. The molecule has 0 unspecified atom stereocenters. The van der Waals surface area contributed by atoms with E-state index in [0.717, 1.165) is 43.7 Å². The van der Waals surface area contributed by atoms with Gasteiger partial charge in [-0.2, -0.15) is 0 Å². The highest BCUT2D eigenvalue weighted by Gasteiger charge is 2.48. The number of benzene rings is 2. The van der Waals surface area contributed by atoms with Gasteiger partial charge in [-0.15, -0.1) is 0 Å². The van der Waals surface area contributed by atoms with Crippen LogP contribution in [-0.4, -0.2) is 23.6 Å². The van der Waals surface area contributed by atoms with E-state index in [4.69, 9.17) is 0 Å². The van der Waals surface area contributed by atoms with Gasteiger partial charge in [0.05, 0.1) is 16.9 Å². The average Bonchev–Trinajstić information content (AvgIpc) is 3.25. The maximum Gasteiger partial charge on any atom is 0.224 e. The lowest BCUT2D eigenvalue weighted by Gasteiger charge is -2.52. The fourth-order valence-electron chi connectivity index (χ4n) is 5.36. The highest BCUT2D eigenvalue weighted by atomic mass is 16.2. The second kappa shape index (κ2) is 6.80. The van der Waals surface area contributed by atoms with Gasteiger partial charge in [-0.1, -0.05) is 37.3 Å². The van der Waals surface area contributed by atoms with Crippen LogP contribution < -0.4 is 9.80 Å². The van der Waals surface area contributed by atoms with Crippen LogP contribution in [0, 0.1) is 0 Å². The van der Waals surface area contributed by atoms with Crippen LogP contribution in [0.1, 0.15) is 37.9 Å². The standard InChI is InChI=1S/C25H27N3O/c1-3-20-9-4-5-10-21(20)26-17-14-25(15-18-26)24-13-8-16-27(24)22-11-6-7-12-23(22)28(25)19(2)29/h4-13,16H,3,14-15,17-18H2,1-2H3. The molecule has 1 saturated heterocycles. The van der Waals surface area contributed by atoms with E-state index < -0.39 is 0 Å². The molecule has 0 radical (unpaired) electrons. The predicted molar refractivity (Wildman–Crippen MR) is 118 cm³/mol. The van der Waals surface area contributed by atoms with Gasteiger partial charge >= 0.3 is 0 Å². The molecule has 1 aromatic heterocycles. The summed E-state index contributed by atoms with van der Waals surface area (Å²) < 4.78 is 2.28. The van der Waals surface area contributed by atoms with Gasteiger partial charge in [-0.25, -0.2) is 0 Å². The van der Waals surface area contributed by atoms with Gasteiger partial charge in [-0.05, 0) is 55.2 Å². The zero-order chi connectivity index (χ0) is 20.0. The third kappa shape index (κ3) is 2.62. The molecule has 5 rings (SSSR count). The molecule has 1 spiro atoms. The number of aryl methyl sites for hydroxylation is 1. The molecule has 2 aromatic carbocycles. The van der Waals surface area contributed by atoms with E-state index in [1.54, 1.807) is 6.92 Å². The minimum Gasteiger partial charge on any atom is -0.371 e. The number of fused-ring (bicyclic) bond motifs is 4. The van der Waals surface area contributed by atoms with E-state index >= 15 is 0 Å². The van der Waals surface area contributed by atoms with E-state index in [-0.39, 0.29) is 11.4 Å². The molecule has 3 heterocycles. The lowest BCUT2D eigenvalue weighted by atomic mass is 9.80. The molecule has 148 valence electrons. The zero-order valence-electron chi connectivity index (χ0n) is 17.1. The first kappa shape index (κ1) is 18.0. The fourth-order valence-corrected chi connectivity index (χ4v) is 5.36. The minimum atomic E-state index is -0.290. The fraction of sp³-hybridized carbons (Fsp3) is 0.320. The Morgan fingerprint density at radius 2 is 1.55 bits per heavy atom. The Balaban J connectivity index is 1.56. The molecule has 0 aliphatic carbocycles. The van der Waals surface area contributed by atoms with Gasteiger partial charge < -0.3 is 9.47 Å². The van der Waals surface area contributed by atoms with Crippen LogP contribution in [0.2, 0.25) is 0 Å². The predicted octanol–water partition coefficient (Wildman–Crippen LogP) is 4.90. The van der Waals surface area contributed by atoms with Gasteiger partial charge in [-0.3, -0.25) is 9.69 Å². The molecule has 3 aromatic rings. The Bertz CT molecular complexity index is 1060. The molecule has 2 aliphatic rings. The molecular formula is C25H27N3O. The number of carbonyl (C=O) groups excluding carboxylic acids is 1. The van der Waals surface area contributed by atoms with Crippen molar-refractivity contribution in [2.75, 3.05) is 22.9 Å². The van der Waals surface area contributed by atoms with Gasteiger partial charge in [0.1, 0.15) is 0 Å². The van der Waals surface area contributed by atoms with Crippen molar-refractivity contribution in [1.29, 1.82) is 0 Å². The molecular weight excluding hydrogens is 358 g/mol. The third-order valence-corrected chi connectivity index (χ3v) is 6.65. The Morgan fingerprint density at radius 3 is 2.24 bits per heavy atom. The van der Waals surface area contributed by atoms with E-state index in [9.17, 15) is 4.79 Å². The average molecular weight is 386 g/mol. The number of rotatable bonds is 2. The van der Waals surface area contributed by atoms with E-state index in [0.29, 0.717) is 0 Å². The molecule has 29 heavy (non-hydrogen) atoms. The minimum absolute atomic E-state index is 0.118. The largest absolute Gasteiger partial charge is 0.371 e. The Labute approximate surface area is 172 Å². The molecule has 4 nitrogen and oxygen atoms in total. The summed E-state index contributed by atoms with van der Waals surface area (Å²) in [7, 11) is 0.